The number of nitrogen functional groups attached to an aromatic ring is 1. The van der Waals surface area contributed by atoms with E-state index in [0.717, 1.165) is 0 Å². The van der Waals surface area contributed by atoms with Crippen LogP contribution in [0.3, 0.4) is 0 Å². The van der Waals surface area contributed by atoms with Gasteiger partial charge >= 0.3 is 0 Å². The first-order valence-corrected chi connectivity index (χ1v) is 4.91. The molecule has 0 aliphatic carbocycles. The summed E-state index contributed by atoms with van der Waals surface area (Å²) in [6.07, 6.45) is 0. The van der Waals surface area contributed by atoms with Gasteiger partial charge in [-0.3, -0.25) is 0 Å². The van der Waals surface area contributed by atoms with Gasteiger partial charge in [-0.15, -0.1) is 0 Å². The van der Waals surface area contributed by atoms with Crippen molar-refractivity contribution >= 4 is 5.69 Å². The Balaban J connectivity index is 2.72. The monoisotopic (exact) mass is 228 g/mol. The van der Waals surface area contributed by atoms with Gasteiger partial charge in [0.25, 0.3) is 0 Å². The molecule has 0 amide bonds. The zero-order valence-electron chi connectivity index (χ0n) is 8.81. The first kappa shape index (κ1) is 11.0. The third-order valence-electron chi connectivity index (χ3n) is 2.43. The van der Waals surface area contributed by atoms with E-state index in [-0.39, 0.29) is 28.1 Å². The zero-order chi connectivity index (χ0) is 12.4. The van der Waals surface area contributed by atoms with Gasteiger partial charge in [0.05, 0.1) is 17.3 Å². The molecule has 0 atom stereocenters. The molecule has 2 aromatic rings. The topological polar surface area (TPSA) is 70.0 Å². The average Bonchev–Trinajstić information content (AvgIpc) is 2.33. The van der Waals surface area contributed by atoms with Crippen LogP contribution in [0.15, 0.2) is 36.4 Å². The quantitative estimate of drug-likeness (QED) is 0.582. The SMILES string of the molecule is N#Cc1cc(N)c(O)c(-c2ccccc2F)c1. The van der Waals surface area contributed by atoms with Crippen molar-refractivity contribution in [3.63, 3.8) is 0 Å². The molecule has 0 saturated carbocycles. The lowest BCUT2D eigenvalue weighted by Gasteiger charge is -2.08. The second kappa shape index (κ2) is 4.14. The lowest BCUT2D eigenvalue weighted by atomic mass is 10.0. The number of phenols is 1. The predicted molar refractivity (Wildman–Crippen MR) is 62.6 cm³/mol. The molecule has 0 aromatic heterocycles. The van der Waals surface area contributed by atoms with Crippen molar-refractivity contribution in [3.8, 4) is 22.9 Å². The van der Waals surface area contributed by atoms with Crippen LogP contribution < -0.4 is 5.73 Å². The summed E-state index contributed by atoms with van der Waals surface area (Å²) < 4.78 is 13.6. The summed E-state index contributed by atoms with van der Waals surface area (Å²) in [5.74, 6) is -0.689. The fourth-order valence-corrected chi connectivity index (χ4v) is 1.61. The summed E-state index contributed by atoms with van der Waals surface area (Å²) in [6, 6.07) is 10.7. The van der Waals surface area contributed by atoms with Gasteiger partial charge in [-0.05, 0) is 18.2 Å². The van der Waals surface area contributed by atoms with Crippen LogP contribution in [-0.2, 0) is 0 Å². The summed E-state index contributed by atoms with van der Waals surface area (Å²) >= 11 is 0. The van der Waals surface area contributed by atoms with Crippen molar-refractivity contribution in [1.82, 2.24) is 0 Å². The van der Waals surface area contributed by atoms with Crippen LogP contribution in [0.5, 0.6) is 5.75 Å². The number of aromatic hydroxyl groups is 1. The number of rotatable bonds is 1. The van der Waals surface area contributed by atoms with Crippen LogP contribution in [0.4, 0.5) is 10.1 Å². The lowest BCUT2D eigenvalue weighted by molar-refractivity contribution is 0.479. The van der Waals surface area contributed by atoms with E-state index in [2.05, 4.69) is 0 Å². The highest BCUT2D eigenvalue weighted by Gasteiger charge is 2.12. The molecule has 4 heteroatoms. The molecule has 0 aliphatic rings. The van der Waals surface area contributed by atoms with Gasteiger partial charge in [-0.25, -0.2) is 4.39 Å². The van der Waals surface area contributed by atoms with Crippen molar-refractivity contribution in [1.29, 1.82) is 5.26 Å². The van der Waals surface area contributed by atoms with E-state index in [4.69, 9.17) is 11.0 Å². The molecule has 84 valence electrons. The Morgan fingerprint density at radius 3 is 2.53 bits per heavy atom. The third-order valence-corrected chi connectivity index (χ3v) is 2.43. The molecule has 2 rings (SSSR count). The van der Waals surface area contributed by atoms with Gasteiger partial charge in [0.2, 0.25) is 0 Å². The minimum absolute atomic E-state index is 0.0577. The van der Waals surface area contributed by atoms with Gasteiger partial charge in [-0.1, -0.05) is 18.2 Å². The third kappa shape index (κ3) is 1.91. The minimum Gasteiger partial charge on any atom is -0.505 e. The van der Waals surface area contributed by atoms with Crippen molar-refractivity contribution in [2.75, 3.05) is 5.73 Å². The molecule has 3 nitrogen and oxygen atoms in total. The molecule has 0 bridgehead atoms. The van der Waals surface area contributed by atoms with Gasteiger partial charge in [-0.2, -0.15) is 5.26 Å². The molecule has 2 aromatic carbocycles. The number of hydrogen-bond donors (Lipinski definition) is 2. The van der Waals surface area contributed by atoms with Crippen LogP contribution in [0.2, 0.25) is 0 Å². The van der Waals surface area contributed by atoms with E-state index in [1.54, 1.807) is 12.1 Å². The van der Waals surface area contributed by atoms with Crippen LogP contribution in [-0.4, -0.2) is 5.11 Å². The van der Waals surface area contributed by atoms with Gasteiger partial charge in [0, 0.05) is 11.1 Å². The second-order valence-electron chi connectivity index (χ2n) is 3.55. The van der Waals surface area contributed by atoms with Crippen LogP contribution in [0, 0.1) is 17.1 Å². The van der Waals surface area contributed by atoms with Crippen molar-refractivity contribution in [2.24, 2.45) is 0 Å². The maximum atomic E-state index is 13.6. The fraction of sp³-hybridized carbons (Fsp3) is 0. The first-order chi connectivity index (χ1) is 8.13. The standard InChI is InChI=1S/C13H9FN2O/c14-11-4-2-1-3-9(11)10-5-8(7-15)6-12(16)13(10)17/h1-6,17H,16H2. The Morgan fingerprint density at radius 1 is 1.18 bits per heavy atom. The minimum atomic E-state index is -0.475. The second-order valence-corrected chi connectivity index (χ2v) is 3.55. The van der Waals surface area contributed by atoms with Crippen LogP contribution in [0.1, 0.15) is 5.56 Å². The first-order valence-electron chi connectivity index (χ1n) is 4.91. The maximum Gasteiger partial charge on any atom is 0.146 e. The van der Waals surface area contributed by atoms with E-state index >= 15 is 0 Å². The number of nitrogens with zero attached hydrogens (tertiary/aromatic N) is 1. The maximum absolute atomic E-state index is 13.6. The number of benzene rings is 2. The Morgan fingerprint density at radius 2 is 1.88 bits per heavy atom. The summed E-state index contributed by atoms with van der Waals surface area (Å²) in [7, 11) is 0. The van der Waals surface area contributed by atoms with Crippen molar-refractivity contribution in [3.05, 3.63) is 47.8 Å². The predicted octanol–water partition coefficient (Wildman–Crippen LogP) is 2.65. The molecular formula is C13H9FN2O. The van der Waals surface area contributed by atoms with E-state index in [9.17, 15) is 9.50 Å². The molecule has 0 unspecified atom stereocenters. The highest BCUT2D eigenvalue weighted by molar-refractivity contribution is 5.78. The highest BCUT2D eigenvalue weighted by Crippen LogP contribution is 2.36. The number of nitriles is 1. The smallest absolute Gasteiger partial charge is 0.146 e. The molecule has 3 N–H and O–H groups in total. The molecule has 0 spiro atoms. The number of hydrogen-bond acceptors (Lipinski definition) is 3. The molecule has 0 heterocycles. The zero-order valence-corrected chi connectivity index (χ0v) is 8.81. The summed E-state index contributed by atoms with van der Waals surface area (Å²) in [6.45, 7) is 0. The van der Waals surface area contributed by atoms with Crippen LogP contribution >= 0.6 is 0 Å². The van der Waals surface area contributed by atoms with Gasteiger partial charge < -0.3 is 10.8 Å². The number of anilines is 1. The number of nitrogens with two attached hydrogens (primary N) is 1. The van der Waals surface area contributed by atoms with E-state index in [0.29, 0.717) is 0 Å². The van der Waals surface area contributed by atoms with E-state index < -0.39 is 5.82 Å². The van der Waals surface area contributed by atoms with Gasteiger partial charge in [0.15, 0.2) is 0 Å². The summed E-state index contributed by atoms with van der Waals surface area (Å²) in [5.41, 5.74) is 6.33. The highest BCUT2D eigenvalue weighted by atomic mass is 19.1. The van der Waals surface area contributed by atoms with Gasteiger partial charge in [0.1, 0.15) is 11.6 Å². The Bertz CT molecular complexity index is 617. The number of phenolic OH excluding ortho intramolecular Hbond substituents is 1. The average molecular weight is 228 g/mol. The fourth-order valence-electron chi connectivity index (χ4n) is 1.61. The summed E-state index contributed by atoms with van der Waals surface area (Å²) in [4.78, 5) is 0. The molecule has 0 aliphatic heterocycles. The Kier molecular flexibility index (Phi) is 2.67. The Labute approximate surface area is 97.5 Å². The number of halogens is 1. The molecule has 0 fully saturated rings. The van der Waals surface area contributed by atoms with E-state index in [1.807, 2.05) is 6.07 Å². The van der Waals surface area contributed by atoms with E-state index in [1.165, 1.54) is 24.3 Å². The largest absolute Gasteiger partial charge is 0.505 e. The summed E-state index contributed by atoms with van der Waals surface area (Å²) in [5, 5.41) is 18.6. The normalized spacial score (nSPS) is 9.88. The Hall–Kier alpha value is -2.54. The molecule has 17 heavy (non-hydrogen) atoms. The van der Waals surface area contributed by atoms with Crippen LogP contribution in [0.25, 0.3) is 11.1 Å². The molecular weight excluding hydrogens is 219 g/mol. The molecule has 0 saturated heterocycles. The lowest BCUT2D eigenvalue weighted by Crippen LogP contribution is -1.92. The molecule has 0 radical (unpaired) electrons. The van der Waals surface area contributed by atoms with Crippen molar-refractivity contribution < 1.29 is 9.50 Å². The van der Waals surface area contributed by atoms with Crippen molar-refractivity contribution in [2.45, 2.75) is 0 Å².